The van der Waals surface area contributed by atoms with Gasteiger partial charge in [0.05, 0.1) is 26.2 Å². The molecule has 0 fully saturated rings. The van der Waals surface area contributed by atoms with Crippen LogP contribution in [0.4, 0.5) is 5.82 Å². The Morgan fingerprint density at radius 2 is 1.89 bits per heavy atom. The Morgan fingerprint density at radius 3 is 2.63 bits per heavy atom. The monoisotopic (exact) mass is 397 g/mol. The van der Waals surface area contributed by atoms with Crippen LogP contribution in [0.25, 0.3) is 21.3 Å². The highest BCUT2D eigenvalue weighted by molar-refractivity contribution is 7.17. The molecule has 0 unspecified atom stereocenters. The minimum atomic E-state index is 0.704. The number of anilines is 1. The molecule has 0 spiro atoms. The molecule has 0 bridgehead atoms. The maximum Gasteiger partial charge on any atom is 0.161 e. The summed E-state index contributed by atoms with van der Waals surface area (Å²) in [6.07, 6.45) is 0. The molecule has 0 saturated heterocycles. The summed E-state index contributed by atoms with van der Waals surface area (Å²) in [6.45, 7) is 2.66. The summed E-state index contributed by atoms with van der Waals surface area (Å²) in [5.41, 5.74) is 2.13. The minimum Gasteiger partial charge on any atom is -0.493 e. The maximum atomic E-state index is 5.47. The zero-order valence-electron chi connectivity index (χ0n) is 15.3. The Hall–Kier alpha value is -2.64. The lowest BCUT2D eigenvalue weighted by atomic mass is 10.1. The largest absolute Gasteiger partial charge is 0.493 e. The number of thiophene rings is 2. The van der Waals surface area contributed by atoms with E-state index in [1.54, 1.807) is 36.9 Å². The molecule has 1 aromatic carbocycles. The molecule has 7 heteroatoms. The van der Waals surface area contributed by atoms with E-state index < -0.39 is 0 Å². The van der Waals surface area contributed by atoms with Gasteiger partial charge < -0.3 is 14.8 Å². The second-order valence-corrected chi connectivity index (χ2v) is 7.84. The van der Waals surface area contributed by atoms with Crippen LogP contribution in [0.5, 0.6) is 11.5 Å². The fourth-order valence-corrected chi connectivity index (χ4v) is 4.61. The van der Waals surface area contributed by atoms with E-state index in [0.29, 0.717) is 11.5 Å². The fourth-order valence-electron chi connectivity index (χ4n) is 2.98. The van der Waals surface area contributed by atoms with Gasteiger partial charge in [0.2, 0.25) is 0 Å². The average Bonchev–Trinajstić information content (AvgIpc) is 3.35. The van der Waals surface area contributed by atoms with Crippen LogP contribution in [-0.2, 0) is 6.54 Å². The zero-order chi connectivity index (χ0) is 18.8. The number of rotatable bonds is 6. The minimum absolute atomic E-state index is 0.704. The standard InChI is InChI=1S/C20H19N3O2S2/c1-12-22-19(21-10-14-5-4-8-26-14)18-15(11-27-20(18)23-12)13-6-7-16(24-2)17(9-13)25-3/h4-9,11H,10H2,1-3H3,(H,21,22,23). The first-order valence-electron chi connectivity index (χ1n) is 8.44. The quantitative estimate of drug-likeness (QED) is 0.475. The van der Waals surface area contributed by atoms with Gasteiger partial charge in [0, 0.05) is 15.8 Å². The van der Waals surface area contributed by atoms with E-state index in [1.807, 2.05) is 25.1 Å². The van der Waals surface area contributed by atoms with Crippen LogP contribution in [0.2, 0.25) is 0 Å². The maximum absolute atomic E-state index is 5.47. The molecular weight excluding hydrogens is 378 g/mol. The highest BCUT2D eigenvalue weighted by Gasteiger charge is 2.16. The van der Waals surface area contributed by atoms with Crippen molar-refractivity contribution >= 4 is 38.7 Å². The first-order valence-corrected chi connectivity index (χ1v) is 10.2. The highest BCUT2D eigenvalue weighted by Crippen LogP contribution is 2.40. The number of hydrogen-bond donors (Lipinski definition) is 1. The van der Waals surface area contributed by atoms with Gasteiger partial charge in [-0.25, -0.2) is 9.97 Å². The van der Waals surface area contributed by atoms with Crippen molar-refractivity contribution in [2.45, 2.75) is 13.5 Å². The Morgan fingerprint density at radius 1 is 1.04 bits per heavy atom. The van der Waals surface area contributed by atoms with Crippen LogP contribution in [0.3, 0.4) is 0 Å². The molecule has 0 aliphatic carbocycles. The van der Waals surface area contributed by atoms with Gasteiger partial charge in [-0.1, -0.05) is 12.1 Å². The smallest absolute Gasteiger partial charge is 0.161 e. The topological polar surface area (TPSA) is 56.3 Å². The molecule has 3 heterocycles. The molecule has 0 saturated carbocycles. The fraction of sp³-hybridized carbons (Fsp3) is 0.200. The van der Waals surface area contributed by atoms with Crippen LogP contribution < -0.4 is 14.8 Å². The summed E-state index contributed by atoms with van der Waals surface area (Å²) in [6, 6.07) is 10.1. The van der Waals surface area contributed by atoms with E-state index >= 15 is 0 Å². The van der Waals surface area contributed by atoms with Crippen molar-refractivity contribution in [3.63, 3.8) is 0 Å². The van der Waals surface area contributed by atoms with Crippen LogP contribution in [0, 0.1) is 6.92 Å². The predicted octanol–water partition coefficient (Wildman–Crippen LogP) is 5.36. The molecule has 3 aromatic heterocycles. The summed E-state index contributed by atoms with van der Waals surface area (Å²) in [4.78, 5) is 11.5. The van der Waals surface area contributed by atoms with Crippen molar-refractivity contribution in [1.29, 1.82) is 0 Å². The van der Waals surface area contributed by atoms with Crippen molar-refractivity contribution in [1.82, 2.24) is 9.97 Å². The molecule has 27 heavy (non-hydrogen) atoms. The first-order chi connectivity index (χ1) is 13.2. The second-order valence-electron chi connectivity index (χ2n) is 5.95. The van der Waals surface area contributed by atoms with Gasteiger partial charge >= 0.3 is 0 Å². The van der Waals surface area contributed by atoms with Gasteiger partial charge in [-0.3, -0.25) is 0 Å². The lowest BCUT2D eigenvalue weighted by Crippen LogP contribution is -2.02. The van der Waals surface area contributed by atoms with E-state index in [0.717, 1.165) is 39.5 Å². The van der Waals surface area contributed by atoms with Crippen LogP contribution in [-0.4, -0.2) is 24.2 Å². The number of nitrogens with one attached hydrogen (secondary N) is 1. The number of aromatic nitrogens is 2. The van der Waals surface area contributed by atoms with Gasteiger partial charge in [0.1, 0.15) is 16.5 Å². The van der Waals surface area contributed by atoms with Crippen molar-refractivity contribution in [2.24, 2.45) is 0 Å². The van der Waals surface area contributed by atoms with E-state index in [-0.39, 0.29) is 0 Å². The number of aryl methyl sites for hydroxylation is 1. The van der Waals surface area contributed by atoms with Gasteiger partial charge in [-0.2, -0.15) is 0 Å². The van der Waals surface area contributed by atoms with Crippen LogP contribution in [0.15, 0.2) is 41.1 Å². The SMILES string of the molecule is COc1ccc(-c2csc3nc(C)nc(NCc4cccs4)c23)cc1OC. The normalized spacial score (nSPS) is 10.9. The Labute approximate surface area is 165 Å². The molecular formula is C20H19N3O2S2. The van der Waals surface area contributed by atoms with Crippen LogP contribution >= 0.6 is 22.7 Å². The molecule has 0 aliphatic heterocycles. The molecule has 5 nitrogen and oxygen atoms in total. The number of fused-ring (bicyclic) bond motifs is 1. The molecule has 138 valence electrons. The average molecular weight is 398 g/mol. The third kappa shape index (κ3) is 3.48. The van der Waals surface area contributed by atoms with Gasteiger partial charge in [-0.05, 0) is 36.1 Å². The van der Waals surface area contributed by atoms with E-state index in [2.05, 4.69) is 38.2 Å². The summed E-state index contributed by atoms with van der Waals surface area (Å²) in [5.74, 6) is 3.04. The molecule has 4 aromatic rings. The molecule has 0 radical (unpaired) electrons. The van der Waals surface area contributed by atoms with Crippen molar-refractivity contribution in [3.05, 3.63) is 51.8 Å². The van der Waals surface area contributed by atoms with Crippen LogP contribution in [0.1, 0.15) is 10.7 Å². The zero-order valence-corrected chi connectivity index (χ0v) is 16.9. The third-order valence-electron chi connectivity index (χ3n) is 4.25. The molecule has 0 atom stereocenters. The molecule has 4 rings (SSSR count). The molecule has 0 amide bonds. The van der Waals surface area contributed by atoms with Gasteiger partial charge in [0.25, 0.3) is 0 Å². The van der Waals surface area contributed by atoms with E-state index in [1.165, 1.54) is 4.88 Å². The lowest BCUT2D eigenvalue weighted by Gasteiger charge is -2.11. The van der Waals surface area contributed by atoms with Gasteiger partial charge in [0.15, 0.2) is 11.5 Å². The number of nitrogens with zero attached hydrogens (tertiary/aromatic N) is 2. The lowest BCUT2D eigenvalue weighted by molar-refractivity contribution is 0.355. The van der Waals surface area contributed by atoms with Gasteiger partial charge in [-0.15, -0.1) is 22.7 Å². The van der Waals surface area contributed by atoms with E-state index in [4.69, 9.17) is 9.47 Å². The number of benzene rings is 1. The summed E-state index contributed by atoms with van der Waals surface area (Å²) < 4.78 is 10.8. The Balaban J connectivity index is 1.79. The molecule has 1 N–H and O–H groups in total. The summed E-state index contributed by atoms with van der Waals surface area (Å²) >= 11 is 3.35. The second kappa shape index (κ2) is 7.54. The Bertz CT molecular complexity index is 1070. The molecule has 0 aliphatic rings. The van der Waals surface area contributed by atoms with Crippen molar-refractivity contribution in [3.8, 4) is 22.6 Å². The van der Waals surface area contributed by atoms with E-state index in [9.17, 15) is 0 Å². The first kappa shape index (κ1) is 17.8. The summed E-state index contributed by atoms with van der Waals surface area (Å²) in [7, 11) is 3.29. The third-order valence-corrected chi connectivity index (χ3v) is 6.00. The van der Waals surface area contributed by atoms with Crippen molar-refractivity contribution in [2.75, 3.05) is 19.5 Å². The number of methoxy groups -OCH3 is 2. The summed E-state index contributed by atoms with van der Waals surface area (Å²) in [5, 5.41) is 8.73. The number of hydrogen-bond acceptors (Lipinski definition) is 7. The Kier molecular flexibility index (Phi) is 4.96. The predicted molar refractivity (Wildman–Crippen MR) is 112 cm³/mol. The van der Waals surface area contributed by atoms with Crippen molar-refractivity contribution < 1.29 is 9.47 Å². The highest BCUT2D eigenvalue weighted by atomic mass is 32.1. The number of ether oxygens (including phenoxy) is 2.